The third-order valence-electron chi connectivity index (χ3n) is 2.77. The summed E-state index contributed by atoms with van der Waals surface area (Å²) in [6.07, 6.45) is 3.54. The molecule has 0 aliphatic heterocycles. The average molecular weight is 367 g/mol. The van der Waals surface area contributed by atoms with Crippen LogP contribution in [0.4, 0.5) is 0 Å². The SMILES string of the molecule is O=C(NCCn1cccn1)c1cc(-c2sccc2Br)on1. The first-order valence-electron chi connectivity index (χ1n) is 6.20. The van der Waals surface area contributed by atoms with Gasteiger partial charge in [-0.15, -0.1) is 11.3 Å². The maximum atomic E-state index is 12.0. The molecule has 0 saturated heterocycles. The van der Waals surface area contributed by atoms with E-state index in [0.717, 1.165) is 9.35 Å². The Hall–Kier alpha value is -1.93. The highest BCUT2D eigenvalue weighted by molar-refractivity contribution is 9.10. The molecule has 1 N–H and O–H groups in total. The molecule has 0 aliphatic rings. The van der Waals surface area contributed by atoms with Gasteiger partial charge < -0.3 is 9.84 Å². The smallest absolute Gasteiger partial charge is 0.273 e. The zero-order chi connectivity index (χ0) is 14.7. The van der Waals surface area contributed by atoms with Gasteiger partial charge in [0.05, 0.1) is 11.4 Å². The predicted octanol–water partition coefficient (Wildman–Crippen LogP) is 2.79. The quantitative estimate of drug-likeness (QED) is 0.753. The van der Waals surface area contributed by atoms with Gasteiger partial charge in [-0.25, -0.2) is 0 Å². The van der Waals surface area contributed by atoms with E-state index in [1.54, 1.807) is 16.9 Å². The monoisotopic (exact) mass is 366 g/mol. The van der Waals surface area contributed by atoms with Crippen LogP contribution in [0, 0.1) is 0 Å². The zero-order valence-electron chi connectivity index (χ0n) is 10.8. The van der Waals surface area contributed by atoms with E-state index in [-0.39, 0.29) is 11.6 Å². The van der Waals surface area contributed by atoms with E-state index < -0.39 is 0 Å². The number of halogens is 1. The first-order valence-corrected chi connectivity index (χ1v) is 7.87. The third-order valence-corrected chi connectivity index (χ3v) is 4.62. The maximum Gasteiger partial charge on any atom is 0.273 e. The van der Waals surface area contributed by atoms with Crippen LogP contribution in [0.5, 0.6) is 0 Å². The number of hydrogen-bond donors (Lipinski definition) is 1. The van der Waals surface area contributed by atoms with Crippen molar-refractivity contribution in [1.29, 1.82) is 0 Å². The van der Waals surface area contributed by atoms with Crippen molar-refractivity contribution in [3.63, 3.8) is 0 Å². The fourth-order valence-corrected chi connectivity index (χ4v) is 3.28. The van der Waals surface area contributed by atoms with Gasteiger partial charge in [0.15, 0.2) is 11.5 Å². The van der Waals surface area contributed by atoms with E-state index in [1.165, 1.54) is 11.3 Å². The Kier molecular flexibility index (Phi) is 4.16. The second-order valence-electron chi connectivity index (χ2n) is 4.20. The van der Waals surface area contributed by atoms with Crippen LogP contribution in [0.3, 0.4) is 0 Å². The van der Waals surface area contributed by atoms with Crippen LogP contribution in [-0.4, -0.2) is 27.4 Å². The molecular weight excluding hydrogens is 356 g/mol. The van der Waals surface area contributed by atoms with Gasteiger partial charge in [0, 0.05) is 29.5 Å². The molecule has 0 bridgehead atoms. The molecule has 0 spiro atoms. The molecule has 3 aromatic heterocycles. The molecule has 0 saturated carbocycles. The van der Waals surface area contributed by atoms with E-state index in [9.17, 15) is 4.79 Å². The summed E-state index contributed by atoms with van der Waals surface area (Å²) < 4.78 is 7.89. The van der Waals surface area contributed by atoms with Gasteiger partial charge in [-0.3, -0.25) is 9.48 Å². The molecule has 1 amide bonds. The highest BCUT2D eigenvalue weighted by Crippen LogP contribution is 2.33. The first-order chi connectivity index (χ1) is 10.2. The topological polar surface area (TPSA) is 73.0 Å². The Morgan fingerprint density at radius 3 is 3.14 bits per heavy atom. The lowest BCUT2D eigenvalue weighted by Gasteiger charge is -2.02. The number of nitrogens with one attached hydrogen (secondary N) is 1. The Morgan fingerprint density at radius 2 is 2.43 bits per heavy atom. The zero-order valence-corrected chi connectivity index (χ0v) is 13.2. The van der Waals surface area contributed by atoms with E-state index in [4.69, 9.17) is 4.52 Å². The number of carbonyl (C=O) groups is 1. The molecule has 0 radical (unpaired) electrons. The Labute approximate surface area is 132 Å². The summed E-state index contributed by atoms with van der Waals surface area (Å²) in [7, 11) is 0. The first kappa shape index (κ1) is 14.0. The van der Waals surface area contributed by atoms with Gasteiger partial charge in [0.25, 0.3) is 5.91 Å². The van der Waals surface area contributed by atoms with Crippen molar-refractivity contribution < 1.29 is 9.32 Å². The Balaban J connectivity index is 1.60. The molecule has 6 nitrogen and oxygen atoms in total. The standard InChI is InChI=1S/C13H11BrN4O2S/c14-9-2-7-21-12(9)11-8-10(17-20-11)13(19)15-4-6-18-5-1-3-16-18/h1-3,5,7-8H,4,6H2,(H,15,19). The number of hydrogen-bond acceptors (Lipinski definition) is 5. The summed E-state index contributed by atoms with van der Waals surface area (Å²) in [6.45, 7) is 1.09. The van der Waals surface area contributed by atoms with Crippen molar-refractivity contribution in [3.05, 3.63) is 46.1 Å². The molecule has 3 rings (SSSR count). The summed E-state index contributed by atoms with van der Waals surface area (Å²) in [4.78, 5) is 12.9. The van der Waals surface area contributed by atoms with Gasteiger partial charge in [-0.05, 0) is 33.4 Å². The summed E-state index contributed by atoms with van der Waals surface area (Å²) in [5, 5.41) is 12.6. The van der Waals surface area contributed by atoms with Crippen LogP contribution in [0.25, 0.3) is 10.6 Å². The van der Waals surface area contributed by atoms with Crippen LogP contribution in [0.1, 0.15) is 10.5 Å². The van der Waals surface area contributed by atoms with Crippen LogP contribution in [0.2, 0.25) is 0 Å². The molecule has 0 atom stereocenters. The van der Waals surface area contributed by atoms with Crippen molar-refractivity contribution in [3.8, 4) is 10.6 Å². The van der Waals surface area contributed by atoms with E-state index >= 15 is 0 Å². The minimum Gasteiger partial charge on any atom is -0.355 e. The van der Waals surface area contributed by atoms with Crippen molar-refractivity contribution in [2.75, 3.05) is 6.54 Å². The van der Waals surface area contributed by atoms with E-state index in [2.05, 4.69) is 31.5 Å². The lowest BCUT2D eigenvalue weighted by Crippen LogP contribution is -2.27. The van der Waals surface area contributed by atoms with Crippen LogP contribution in [-0.2, 0) is 6.54 Å². The summed E-state index contributed by atoms with van der Waals surface area (Å²) >= 11 is 4.95. The normalized spacial score (nSPS) is 10.7. The molecule has 0 aromatic carbocycles. The number of rotatable bonds is 5. The largest absolute Gasteiger partial charge is 0.355 e. The molecule has 21 heavy (non-hydrogen) atoms. The van der Waals surface area contributed by atoms with Crippen LogP contribution >= 0.6 is 27.3 Å². The van der Waals surface area contributed by atoms with Crippen molar-refractivity contribution >= 4 is 33.2 Å². The predicted molar refractivity (Wildman–Crippen MR) is 82.1 cm³/mol. The second-order valence-corrected chi connectivity index (χ2v) is 5.97. The van der Waals surface area contributed by atoms with Gasteiger partial charge in [0.1, 0.15) is 0 Å². The summed E-state index contributed by atoms with van der Waals surface area (Å²) in [5.74, 6) is 0.318. The Bertz CT molecular complexity index is 735. The fraction of sp³-hybridized carbons (Fsp3) is 0.154. The Morgan fingerprint density at radius 1 is 1.52 bits per heavy atom. The van der Waals surface area contributed by atoms with Crippen molar-refractivity contribution in [2.45, 2.75) is 6.54 Å². The molecule has 8 heteroatoms. The van der Waals surface area contributed by atoms with Crippen molar-refractivity contribution in [2.24, 2.45) is 0 Å². The average Bonchev–Trinajstić information content (AvgIpc) is 3.18. The molecule has 0 unspecified atom stereocenters. The van der Waals surface area contributed by atoms with Gasteiger partial charge in [-0.1, -0.05) is 5.16 Å². The number of nitrogens with zero attached hydrogens (tertiary/aromatic N) is 3. The van der Waals surface area contributed by atoms with Gasteiger partial charge >= 0.3 is 0 Å². The minimum atomic E-state index is -0.259. The lowest BCUT2D eigenvalue weighted by atomic mass is 10.3. The summed E-state index contributed by atoms with van der Waals surface area (Å²) in [5.41, 5.74) is 0.269. The number of amides is 1. The molecular formula is C13H11BrN4O2S. The molecule has 0 fully saturated rings. The van der Waals surface area contributed by atoms with Crippen LogP contribution in [0.15, 0.2) is 45.0 Å². The number of thiophene rings is 1. The maximum absolute atomic E-state index is 12.0. The fourth-order valence-electron chi connectivity index (χ4n) is 1.77. The number of aromatic nitrogens is 3. The number of carbonyl (C=O) groups excluding carboxylic acids is 1. The highest BCUT2D eigenvalue weighted by Gasteiger charge is 2.15. The van der Waals surface area contributed by atoms with E-state index in [1.807, 2.05) is 23.7 Å². The molecule has 108 valence electrons. The molecule has 3 heterocycles. The summed E-state index contributed by atoms with van der Waals surface area (Å²) in [6, 6.07) is 5.40. The van der Waals surface area contributed by atoms with Gasteiger partial charge in [0.2, 0.25) is 0 Å². The minimum absolute atomic E-state index is 0.259. The third kappa shape index (κ3) is 3.22. The van der Waals surface area contributed by atoms with Crippen molar-refractivity contribution in [1.82, 2.24) is 20.3 Å². The van der Waals surface area contributed by atoms with Crippen LogP contribution < -0.4 is 5.32 Å². The molecule has 0 aliphatic carbocycles. The lowest BCUT2D eigenvalue weighted by molar-refractivity contribution is 0.0943. The van der Waals surface area contributed by atoms with E-state index in [0.29, 0.717) is 18.8 Å². The second kappa shape index (κ2) is 6.23. The highest BCUT2D eigenvalue weighted by atomic mass is 79.9. The molecule has 3 aromatic rings. The van der Waals surface area contributed by atoms with Gasteiger partial charge in [-0.2, -0.15) is 5.10 Å².